The lowest BCUT2D eigenvalue weighted by atomic mass is 9.64. The predicted molar refractivity (Wildman–Crippen MR) is 181 cm³/mol. The summed E-state index contributed by atoms with van der Waals surface area (Å²) < 4.78 is 22.6. The number of ether oxygens (including phenoxy) is 4. The van der Waals surface area contributed by atoms with E-state index in [9.17, 15) is 15.1 Å². The quantitative estimate of drug-likeness (QED) is 0.0639. The molecule has 2 bridgehead atoms. The third kappa shape index (κ3) is 5.10. The Balaban J connectivity index is 1.19. The van der Waals surface area contributed by atoms with Crippen molar-refractivity contribution in [1.29, 1.82) is 0 Å². The second-order valence-electron chi connectivity index (χ2n) is 13.7. The Hall–Kier alpha value is -5.14. The number of rotatable bonds is 9. The van der Waals surface area contributed by atoms with Gasteiger partial charge in [-0.1, -0.05) is 69.3 Å². The van der Waals surface area contributed by atoms with Crippen LogP contribution in [0.1, 0.15) is 50.7 Å². The van der Waals surface area contributed by atoms with Gasteiger partial charge in [-0.2, -0.15) is 4.79 Å². The first kappa shape index (κ1) is 31.5. The molecule has 0 spiro atoms. The van der Waals surface area contributed by atoms with Crippen LogP contribution in [0, 0.1) is 16.7 Å². The Morgan fingerprint density at radius 3 is 2.48 bits per heavy atom. The molecule has 1 amide bonds. The van der Waals surface area contributed by atoms with Gasteiger partial charge in [0.05, 0.1) is 7.11 Å². The Bertz CT molecular complexity index is 1940. The Labute approximate surface area is 280 Å². The lowest BCUT2D eigenvalue weighted by molar-refractivity contribution is -0.151. The first-order chi connectivity index (χ1) is 23.2. The number of carbonyl (C=O) groups excluding carboxylic acids is 2. The third-order valence-corrected chi connectivity index (χ3v) is 11.4. The standard InChI is InChI=1S/C39H39N3O6/c1-38(2)30-18-20-39(38,3)33(29-11-7-9-25-8-5-6-10-28(25)29)35(30)48-37(44)34(41-40)36(43)42(26-13-15-27(45-4)16-14-26)21-19-24-12-17-31-32(22-24)47-23-46-31/h5-17,22,30,33,35H,18-21,23H2,1-4H3/t30-,33-,35-,39+/m1/s1. The molecule has 0 unspecified atom stereocenters. The molecule has 0 N–H and O–H groups in total. The molecule has 1 aliphatic heterocycles. The number of nitrogens with zero attached hydrogens (tertiary/aromatic N) is 3. The minimum atomic E-state index is -0.939. The number of methoxy groups -OCH3 is 1. The van der Waals surface area contributed by atoms with Crippen LogP contribution < -0.4 is 19.1 Å². The third-order valence-electron chi connectivity index (χ3n) is 11.4. The normalized spacial score (nSPS) is 23.0. The van der Waals surface area contributed by atoms with Crippen molar-refractivity contribution in [2.45, 2.75) is 52.1 Å². The number of fused-ring (bicyclic) bond motifs is 4. The molecular formula is C39H39N3O6. The van der Waals surface area contributed by atoms with Gasteiger partial charge in [0.2, 0.25) is 6.79 Å². The summed E-state index contributed by atoms with van der Waals surface area (Å²) in [6.45, 7) is 7.15. The fraction of sp³-hybridized carbons (Fsp3) is 0.359. The van der Waals surface area contributed by atoms with Crippen LogP contribution >= 0.6 is 0 Å². The number of esters is 1. The number of amides is 1. The molecule has 9 nitrogen and oxygen atoms in total. The molecule has 0 aromatic heterocycles. The van der Waals surface area contributed by atoms with E-state index in [1.54, 1.807) is 31.4 Å². The van der Waals surface area contributed by atoms with Gasteiger partial charge < -0.3 is 29.4 Å². The zero-order valence-corrected chi connectivity index (χ0v) is 27.6. The lowest BCUT2D eigenvalue weighted by Crippen LogP contribution is -2.44. The second-order valence-corrected chi connectivity index (χ2v) is 13.7. The van der Waals surface area contributed by atoms with Crippen molar-refractivity contribution in [3.8, 4) is 17.2 Å². The molecule has 4 atom stereocenters. The first-order valence-corrected chi connectivity index (χ1v) is 16.4. The molecule has 246 valence electrons. The summed E-state index contributed by atoms with van der Waals surface area (Å²) >= 11 is 0. The molecule has 48 heavy (non-hydrogen) atoms. The van der Waals surface area contributed by atoms with Crippen molar-refractivity contribution in [3.05, 3.63) is 102 Å². The second kappa shape index (κ2) is 12.1. The van der Waals surface area contributed by atoms with Crippen LogP contribution in [0.2, 0.25) is 0 Å². The Kier molecular flexibility index (Phi) is 7.96. The van der Waals surface area contributed by atoms with Crippen molar-refractivity contribution < 1.29 is 33.3 Å². The van der Waals surface area contributed by atoms with Gasteiger partial charge in [0.15, 0.2) is 11.5 Å². The molecule has 3 aliphatic rings. The number of benzene rings is 4. The van der Waals surface area contributed by atoms with Crippen molar-refractivity contribution in [3.63, 3.8) is 0 Å². The average Bonchev–Trinajstić information content (AvgIpc) is 3.70. The Morgan fingerprint density at radius 1 is 0.958 bits per heavy atom. The average molecular weight is 646 g/mol. The van der Waals surface area contributed by atoms with E-state index in [-0.39, 0.29) is 36.0 Å². The fourth-order valence-electron chi connectivity index (χ4n) is 8.41. The van der Waals surface area contributed by atoms with Crippen LogP contribution in [0.4, 0.5) is 5.69 Å². The van der Waals surface area contributed by atoms with Gasteiger partial charge >= 0.3 is 17.6 Å². The van der Waals surface area contributed by atoms with Crippen molar-refractivity contribution in [2.24, 2.45) is 16.7 Å². The monoisotopic (exact) mass is 645 g/mol. The van der Waals surface area contributed by atoms with E-state index in [1.807, 2.05) is 30.3 Å². The van der Waals surface area contributed by atoms with Gasteiger partial charge in [0.1, 0.15) is 11.9 Å². The van der Waals surface area contributed by atoms with Crippen molar-refractivity contribution >= 4 is 34.0 Å². The topological polar surface area (TPSA) is 111 Å². The SMILES string of the molecule is COc1ccc(N(CCc2ccc3c(c2)OCO3)C(=O)C(=[N+]=[N-])C(=O)O[C@@H]2[C@H]3CC[C@@](C)([C@@H]2c2cccc4ccccc24)C3(C)C)cc1. The van der Waals surface area contributed by atoms with Gasteiger partial charge in [-0.05, 0) is 88.4 Å². The largest absolute Gasteiger partial charge is 0.497 e. The number of carbonyl (C=O) groups is 2. The summed E-state index contributed by atoms with van der Waals surface area (Å²) in [6, 6.07) is 27.1. The molecule has 2 saturated carbocycles. The zero-order valence-electron chi connectivity index (χ0n) is 27.6. The van der Waals surface area contributed by atoms with E-state index < -0.39 is 23.7 Å². The molecule has 1 heterocycles. The van der Waals surface area contributed by atoms with E-state index in [0.29, 0.717) is 29.4 Å². The van der Waals surface area contributed by atoms with E-state index in [2.05, 4.69) is 55.9 Å². The summed E-state index contributed by atoms with van der Waals surface area (Å²) in [5.74, 6) is 0.173. The van der Waals surface area contributed by atoms with E-state index >= 15 is 0 Å². The summed E-state index contributed by atoms with van der Waals surface area (Å²) in [7, 11) is 1.56. The minimum absolute atomic E-state index is 0.0640. The zero-order chi connectivity index (χ0) is 33.6. The lowest BCUT2D eigenvalue weighted by Gasteiger charge is -2.40. The van der Waals surface area contributed by atoms with Crippen LogP contribution in [0.5, 0.6) is 17.2 Å². The fourth-order valence-corrected chi connectivity index (χ4v) is 8.41. The maximum atomic E-state index is 14.2. The highest BCUT2D eigenvalue weighted by Gasteiger charge is 2.68. The highest BCUT2D eigenvalue weighted by Crippen LogP contribution is 2.72. The maximum absolute atomic E-state index is 14.2. The summed E-state index contributed by atoms with van der Waals surface area (Å²) in [5.41, 5.74) is 11.8. The summed E-state index contributed by atoms with van der Waals surface area (Å²) in [6.07, 6.45) is 1.82. The van der Waals surface area contributed by atoms with Crippen LogP contribution in [0.25, 0.3) is 16.3 Å². The first-order valence-electron chi connectivity index (χ1n) is 16.4. The molecule has 2 fully saturated rings. The van der Waals surface area contributed by atoms with Gasteiger partial charge in [-0.3, -0.25) is 4.79 Å². The molecule has 0 saturated heterocycles. The van der Waals surface area contributed by atoms with Crippen molar-refractivity contribution in [2.75, 3.05) is 25.3 Å². The molecular weight excluding hydrogens is 606 g/mol. The maximum Gasteiger partial charge on any atom is 0.463 e. The van der Waals surface area contributed by atoms with Gasteiger partial charge in [-0.15, -0.1) is 0 Å². The van der Waals surface area contributed by atoms with E-state index in [4.69, 9.17) is 18.9 Å². The number of anilines is 1. The van der Waals surface area contributed by atoms with E-state index in [1.165, 1.54) is 4.90 Å². The molecule has 4 aromatic rings. The molecule has 2 aliphatic carbocycles. The van der Waals surface area contributed by atoms with E-state index in [0.717, 1.165) is 34.7 Å². The molecule has 0 radical (unpaired) electrons. The highest BCUT2D eigenvalue weighted by atomic mass is 16.7. The van der Waals surface area contributed by atoms with Gasteiger partial charge in [0.25, 0.3) is 0 Å². The van der Waals surface area contributed by atoms with Gasteiger partial charge in [-0.25, -0.2) is 4.79 Å². The van der Waals surface area contributed by atoms with Crippen LogP contribution in [-0.4, -0.2) is 48.9 Å². The number of hydrogen-bond acceptors (Lipinski definition) is 6. The summed E-state index contributed by atoms with van der Waals surface area (Å²) in [5, 5.41) is 2.24. The smallest absolute Gasteiger partial charge is 0.463 e. The van der Waals surface area contributed by atoms with Crippen LogP contribution in [0.15, 0.2) is 84.9 Å². The minimum Gasteiger partial charge on any atom is -0.497 e. The highest BCUT2D eigenvalue weighted by molar-refractivity contribution is 6.64. The van der Waals surface area contributed by atoms with Crippen molar-refractivity contribution in [1.82, 2.24) is 0 Å². The van der Waals surface area contributed by atoms with Crippen LogP contribution in [-0.2, 0) is 20.7 Å². The molecule has 9 heteroatoms. The van der Waals surface area contributed by atoms with Gasteiger partial charge in [0, 0.05) is 24.1 Å². The molecule has 7 rings (SSSR count). The molecule has 4 aromatic carbocycles. The predicted octanol–water partition coefficient (Wildman–Crippen LogP) is 6.98. The Morgan fingerprint density at radius 2 is 1.71 bits per heavy atom. The number of hydrogen-bond donors (Lipinski definition) is 0. The van der Waals surface area contributed by atoms with Crippen LogP contribution in [0.3, 0.4) is 0 Å². The summed E-state index contributed by atoms with van der Waals surface area (Å²) in [4.78, 5) is 32.9.